The number of benzene rings is 2. The van der Waals surface area contributed by atoms with Gasteiger partial charge in [0.15, 0.2) is 0 Å². The first kappa shape index (κ1) is 17.3. The molecule has 5 rings (SSSR count). The molecular weight excluding hydrogens is 324 g/mol. The molecule has 4 nitrogen and oxygen atoms in total. The molecule has 4 heteroatoms. The van der Waals surface area contributed by atoms with Crippen molar-refractivity contribution in [2.45, 2.75) is 25.9 Å². The van der Waals surface area contributed by atoms with Gasteiger partial charge in [-0.2, -0.15) is 0 Å². The fraction of sp³-hybridized carbons (Fsp3) is 0.409. The lowest BCUT2D eigenvalue weighted by molar-refractivity contribution is -0.118. The highest BCUT2D eigenvalue weighted by atomic mass is 16.3. The molecule has 3 saturated heterocycles. The van der Waals surface area contributed by atoms with Crippen molar-refractivity contribution in [1.82, 2.24) is 4.90 Å². The van der Waals surface area contributed by atoms with Gasteiger partial charge < -0.3 is 15.3 Å². The van der Waals surface area contributed by atoms with E-state index >= 15 is 0 Å². The van der Waals surface area contributed by atoms with Crippen molar-refractivity contribution in [3.8, 4) is 11.1 Å². The summed E-state index contributed by atoms with van der Waals surface area (Å²) in [4.78, 5) is 15.0. The zero-order valence-electron chi connectivity index (χ0n) is 15.0. The zero-order valence-corrected chi connectivity index (χ0v) is 15.0. The van der Waals surface area contributed by atoms with E-state index < -0.39 is 0 Å². The highest BCUT2D eigenvalue weighted by Gasteiger charge is 2.34. The van der Waals surface area contributed by atoms with E-state index in [2.05, 4.69) is 10.2 Å². The van der Waals surface area contributed by atoms with Crippen LogP contribution in [0.3, 0.4) is 0 Å². The fourth-order valence-electron chi connectivity index (χ4n) is 4.47. The molecule has 0 saturated carbocycles. The number of carbonyl (C=O) groups is 1. The predicted octanol–water partition coefficient (Wildman–Crippen LogP) is 3.52. The van der Waals surface area contributed by atoms with Crippen molar-refractivity contribution in [3.63, 3.8) is 0 Å². The van der Waals surface area contributed by atoms with Crippen LogP contribution in [-0.4, -0.2) is 35.5 Å². The molecule has 26 heavy (non-hydrogen) atoms. The van der Waals surface area contributed by atoms with Gasteiger partial charge in [-0.1, -0.05) is 36.4 Å². The third kappa shape index (κ3) is 3.67. The highest BCUT2D eigenvalue weighted by Crippen LogP contribution is 2.34. The van der Waals surface area contributed by atoms with Crippen molar-refractivity contribution < 1.29 is 9.90 Å². The van der Waals surface area contributed by atoms with Gasteiger partial charge in [0.1, 0.15) is 0 Å². The molecule has 1 unspecified atom stereocenters. The summed E-state index contributed by atoms with van der Waals surface area (Å²) in [6.07, 6.45) is 3.09. The summed E-state index contributed by atoms with van der Waals surface area (Å²) in [6, 6.07) is 15.7. The van der Waals surface area contributed by atoms with Gasteiger partial charge in [0, 0.05) is 18.7 Å². The second kappa shape index (κ2) is 7.60. The maximum Gasteiger partial charge on any atom is 0.224 e. The van der Waals surface area contributed by atoms with Crippen LogP contribution >= 0.6 is 0 Å². The van der Waals surface area contributed by atoms with E-state index in [0.29, 0.717) is 18.3 Å². The van der Waals surface area contributed by atoms with Gasteiger partial charge in [-0.25, -0.2) is 0 Å². The molecule has 1 amide bonds. The number of nitrogens with zero attached hydrogens (tertiary/aromatic N) is 1. The number of amides is 1. The second-order valence-electron chi connectivity index (χ2n) is 7.55. The molecular formula is C22H26N2O2. The largest absolute Gasteiger partial charge is 0.392 e. The highest BCUT2D eigenvalue weighted by molar-refractivity contribution is 5.91. The number of piperidine rings is 3. The molecule has 3 aliphatic rings. The van der Waals surface area contributed by atoms with E-state index in [9.17, 15) is 9.90 Å². The maximum absolute atomic E-state index is 12.6. The van der Waals surface area contributed by atoms with Crippen molar-refractivity contribution in [2.75, 3.05) is 25.0 Å². The van der Waals surface area contributed by atoms with Gasteiger partial charge in [0.2, 0.25) is 5.91 Å². The average Bonchev–Trinajstić information content (AvgIpc) is 2.69. The number of hydrogen-bond acceptors (Lipinski definition) is 3. The van der Waals surface area contributed by atoms with Crippen LogP contribution in [0.25, 0.3) is 11.1 Å². The molecule has 1 atom stereocenters. The summed E-state index contributed by atoms with van der Waals surface area (Å²) in [6.45, 7) is 3.48. The molecule has 0 radical (unpaired) electrons. The van der Waals surface area contributed by atoms with Crippen molar-refractivity contribution in [3.05, 3.63) is 54.1 Å². The van der Waals surface area contributed by atoms with Gasteiger partial charge in [-0.15, -0.1) is 0 Å². The molecule has 136 valence electrons. The Kier molecular flexibility index (Phi) is 5.05. The first-order valence-electron chi connectivity index (χ1n) is 9.54. The fourth-order valence-corrected chi connectivity index (χ4v) is 4.47. The van der Waals surface area contributed by atoms with Crippen molar-refractivity contribution in [2.24, 2.45) is 11.8 Å². The number of carbonyl (C=O) groups excluding carboxylic acids is 1. The number of aliphatic hydroxyl groups excluding tert-OH is 1. The number of nitrogens with one attached hydrogen (secondary N) is 1. The van der Waals surface area contributed by atoms with Crippen LogP contribution in [0.1, 0.15) is 24.8 Å². The molecule has 2 N–H and O–H groups in total. The van der Waals surface area contributed by atoms with Crippen LogP contribution in [0.4, 0.5) is 5.69 Å². The lowest BCUT2D eigenvalue weighted by Crippen LogP contribution is -2.48. The Morgan fingerprint density at radius 1 is 1.12 bits per heavy atom. The van der Waals surface area contributed by atoms with Crippen LogP contribution < -0.4 is 5.32 Å². The van der Waals surface area contributed by atoms with Crippen LogP contribution in [0.15, 0.2) is 48.5 Å². The summed E-state index contributed by atoms with van der Waals surface area (Å²) >= 11 is 0. The van der Waals surface area contributed by atoms with Gasteiger partial charge in [-0.05, 0) is 66.6 Å². The summed E-state index contributed by atoms with van der Waals surface area (Å²) < 4.78 is 0. The summed E-state index contributed by atoms with van der Waals surface area (Å²) in [5.74, 6) is 1.32. The Morgan fingerprint density at radius 2 is 1.92 bits per heavy atom. The Morgan fingerprint density at radius 3 is 2.65 bits per heavy atom. The van der Waals surface area contributed by atoms with Crippen LogP contribution in [0.5, 0.6) is 0 Å². The molecule has 2 aromatic rings. The Balaban J connectivity index is 1.44. The van der Waals surface area contributed by atoms with Gasteiger partial charge in [0.05, 0.1) is 6.61 Å². The predicted molar refractivity (Wildman–Crippen MR) is 104 cm³/mol. The lowest BCUT2D eigenvalue weighted by atomic mass is 9.77. The molecule has 0 aromatic heterocycles. The SMILES string of the molecule is O=C(CC1CN2CCC1CC2)Nc1cccc(-c2ccccc2CO)c1. The Labute approximate surface area is 154 Å². The van der Waals surface area contributed by atoms with E-state index in [-0.39, 0.29) is 12.5 Å². The maximum atomic E-state index is 12.6. The number of rotatable bonds is 5. The van der Waals surface area contributed by atoms with E-state index in [0.717, 1.165) is 28.9 Å². The number of hydrogen-bond donors (Lipinski definition) is 2. The zero-order chi connectivity index (χ0) is 17.9. The minimum absolute atomic E-state index is 0.00628. The number of aliphatic hydroxyl groups is 1. The molecule has 2 aromatic carbocycles. The Bertz CT molecular complexity index is 781. The smallest absolute Gasteiger partial charge is 0.224 e. The van der Waals surface area contributed by atoms with Gasteiger partial charge in [-0.3, -0.25) is 4.79 Å². The van der Waals surface area contributed by atoms with E-state index in [1.807, 2.05) is 48.5 Å². The minimum Gasteiger partial charge on any atom is -0.392 e. The van der Waals surface area contributed by atoms with Gasteiger partial charge in [0.25, 0.3) is 0 Å². The van der Waals surface area contributed by atoms with Crippen LogP contribution in [-0.2, 0) is 11.4 Å². The van der Waals surface area contributed by atoms with E-state index in [4.69, 9.17) is 0 Å². The Hall–Kier alpha value is -2.17. The van der Waals surface area contributed by atoms with Crippen molar-refractivity contribution in [1.29, 1.82) is 0 Å². The lowest BCUT2D eigenvalue weighted by Gasteiger charge is -2.44. The third-order valence-electron chi connectivity index (χ3n) is 5.88. The average molecular weight is 350 g/mol. The first-order chi connectivity index (χ1) is 12.7. The quantitative estimate of drug-likeness (QED) is 0.867. The second-order valence-corrected chi connectivity index (χ2v) is 7.55. The minimum atomic E-state index is 0.00628. The number of anilines is 1. The molecule has 2 bridgehead atoms. The topological polar surface area (TPSA) is 52.6 Å². The van der Waals surface area contributed by atoms with Gasteiger partial charge >= 0.3 is 0 Å². The third-order valence-corrected chi connectivity index (χ3v) is 5.88. The summed E-state index contributed by atoms with van der Waals surface area (Å²) in [7, 11) is 0. The van der Waals surface area contributed by atoms with Crippen molar-refractivity contribution >= 4 is 11.6 Å². The molecule has 3 aliphatic heterocycles. The standard InChI is InChI=1S/C22H26N2O2/c25-15-18-4-1-2-7-21(18)17-5-3-6-20(12-17)23-22(26)13-19-14-24-10-8-16(19)9-11-24/h1-7,12,16,19,25H,8-11,13-15H2,(H,23,26). The molecule has 3 heterocycles. The first-order valence-corrected chi connectivity index (χ1v) is 9.54. The molecule has 3 fully saturated rings. The molecule has 0 aliphatic carbocycles. The van der Waals surface area contributed by atoms with E-state index in [1.165, 1.54) is 25.9 Å². The van der Waals surface area contributed by atoms with Crippen LogP contribution in [0, 0.1) is 11.8 Å². The summed E-state index contributed by atoms with van der Waals surface area (Å²) in [5, 5.41) is 12.6. The summed E-state index contributed by atoms with van der Waals surface area (Å²) in [5.41, 5.74) is 3.73. The van der Waals surface area contributed by atoms with E-state index in [1.54, 1.807) is 0 Å². The number of fused-ring (bicyclic) bond motifs is 3. The van der Waals surface area contributed by atoms with Crippen LogP contribution in [0.2, 0.25) is 0 Å². The molecule has 0 spiro atoms. The normalized spacial score (nSPS) is 24.4. The monoisotopic (exact) mass is 350 g/mol.